The zero-order valence-electron chi connectivity index (χ0n) is 12.6. The molecule has 0 saturated heterocycles. The second-order valence-corrected chi connectivity index (χ2v) is 7.50. The minimum absolute atomic E-state index is 0.177. The first-order chi connectivity index (χ1) is 8.39. The Morgan fingerprint density at radius 1 is 0.889 bits per heavy atom. The lowest BCUT2D eigenvalue weighted by atomic mass is 10.1. The molecule has 0 bridgehead atoms. The molecule has 0 saturated carbocycles. The van der Waals surface area contributed by atoms with Crippen LogP contribution in [0.25, 0.3) is 0 Å². The largest absolute Gasteiger partial charge is 0.382 e. The number of hydrogen-bond acceptors (Lipinski definition) is 5. The van der Waals surface area contributed by atoms with Gasteiger partial charge < -0.3 is 18.5 Å². The summed E-state index contributed by atoms with van der Waals surface area (Å²) in [5, 5.41) is 0. The molecule has 0 aliphatic carbocycles. The molecule has 0 atom stereocenters. The lowest BCUT2D eigenvalue weighted by Gasteiger charge is -2.27. The van der Waals surface area contributed by atoms with Crippen LogP contribution < -0.4 is 0 Å². The van der Waals surface area contributed by atoms with Crippen molar-refractivity contribution in [3.05, 3.63) is 0 Å². The Labute approximate surface area is 111 Å². The molecule has 0 aromatic rings. The SMILES string of the molecule is CCP(=NC(C)(C)C)(OCCOC)OCCOC. The topological polar surface area (TPSA) is 49.3 Å². The zero-order valence-corrected chi connectivity index (χ0v) is 13.5. The number of hydrogen-bond donors (Lipinski definition) is 0. The summed E-state index contributed by atoms with van der Waals surface area (Å²) < 4.78 is 26.5. The fourth-order valence-electron chi connectivity index (χ4n) is 1.33. The highest BCUT2D eigenvalue weighted by molar-refractivity contribution is 7.56. The molecule has 0 aliphatic heterocycles. The predicted octanol–water partition coefficient (Wildman–Crippen LogP) is 3.16. The molecular formula is C12H28NO4P. The first-order valence-corrected chi connectivity index (χ1v) is 8.05. The van der Waals surface area contributed by atoms with Crippen LogP contribution >= 0.6 is 7.51 Å². The van der Waals surface area contributed by atoms with E-state index in [1.165, 1.54) is 0 Å². The highest BCUT2D eigenvalue weighted by atomic mass is 31.2. The molecular weight excluding hydrogens is 253 g/mol. The quantitative estimate of drug-likeness (QED) is 0.481. The fraction of sp³-hybridized carbons (Fsp3) is 1.00. The van der Waals surface area contributed by atoms with E-state index >= 15 is 0 Å². The standard InChI is InChI=1S/C12H28NO4P/c1-7-18(13-12(2,3)4,16-10-8-14-5)17-11-9-15-6/h7-11H2,1-6H3. The molecule has 6 heteroatoms. The molecule has 0 spiro atoms. The number of methoxy groups -OCH3 is 2. The van der Waals surface area contributed by atoms with E-state index in [0.29, 0.717) is 26.4 Å². The van der Waals surface area contributed by atoms with Gasteiger partial charge in [0.1, 0.15) is 0 Å². The van der Waals surface area contributed by atoms with E-state index in [-0.39, 0.29) is 5.54 Å². The van der Waals surface area contributed by atoms with Crippen LogP contribution in [0.2, 0.25) is 0 Å². The van der Waals surface area contributed by atoms with Gasteiger partial charge in [-0.2, -0.15) is 0 Å². The van der Waals surface area contributed by atoms with Gasteiger partial charge in [-0.05, 0) is 20.8 Å². The molecule has 0 rings (SSSR count). The van der Waals surface area contributed by atoms with Gasteiger partial charge in [-0.25, -0.2) is 4.74 Å². The Morgan fingerprint density at radius 2 is 1.33 bits per heavy atom. The van der Waals surface area contributed by atoms with E-state index in [1.54, 1.807) is 14.2 Å². The van der Waals surface area contributed by atoms with Crippen molar-refractivity contribution in [3.8, 4) is 0 Å². The Kier molecular flexibility index (Phi) is 9.09. The monoisotopic (exact) mass is 281 g/mol. The molecule has 0 aromatic heterocycles. The average Bonchev–Trinajstić information content (AvgIpc) is 2.27. The molecule has 18 heavy (non-hydrogen) atoms. The van der Waals surface area contributed by atoms with Crippen molar-refractivity contribution in [2.75, 3.05) is 46.8 Å². The lowest BCUT2D eigenvalue weighted by Crippen LogP contribution is -2.14. The van der Waals surface area contributed by atoms with Crippen LogP contribution in [0.15, 0.2) is 4.74 Å². The number of nitrogens with zero attached hydrogens (tertiary/aromatic N) is 1. The first-order valence-electron chi connectivity index (χ1n) is 6.28. The van der Waals surface area contributed by atoms with Crippen molar-refractivity contribution in [1.82, 2.24) is 0 Å². The zero-order chi connectivity index (χ0) is 14.1. The van der Waals surface area contributed by atoms with Gasteiger partial charge in [-0.3, -0.25) is 0 Å². The highest BCUT2D eigenvalue weighted by Crippen LogP contribution is 2.53. The van der Waals surface area contributed by atoms with Gasteiger partial charge in [-0.15, -0.1) is 0 Å². The Morgan fingerprint density at radius 3 is 1.61 bits per heavy atom. The molecule has 110 valence electrons. The van der Waals surface area contributed by atoms with Crippen molar-refractivity contribution in [1.29, 1.82) is 0 Å². The molecule has 5 nitrogen and oxygen atoms in total. The third-order valence-corrected chi connectivity index (χ3v) is 4.89. The van der Waals surface area contributed by atoms with Crippen LogP contribution in [0.5, 0.6) is 0 Å². The smallest absolute Gasteiger partial charge is 0.212 e. The van der Waals surface area contributed by atoms with Crippen LogP contribution in [0.1, 0.15) is 27.7 Å². The Balaban J connectivity index is 4.78. The molecule has 0 N–H and O–H groups in total. The summed E-state index contributed by atoms with van der Waals surface area (Å²) in [6.07, 6.45) is 0.762. The predicted molar refractivity (Wildman–Crippen MR) is 75.3 cm³/mol. The molecule has 0 amide bonds. The third kappa shape index (κ3) is 8.22. The minimum Gasteiger partial charge on any atom is -0.382 e. The van der Waals surface area contributed by atoms with Gasteiger partial charge in [0.2, 0.25) is 7.51 Å². The highest BCUT2D eigenvalue weighted by Gasteiger charge is 2.23. The van der Waals surface area contributed by atoms with Crippen molar-refractivity contribution >= 4 is 7.51 Å². The Hall–Kier alpha value is 0.0700. The Bertz CT molecular complexity index is 249. The van der Waals surface area contributed by atoms with Gasteiger partial charge in [0.25, 0.3) is 0 Å². The molecule has 0 aromatic carbocycles. The van der Waals surface area contributed by atoms with Crippen molar-refractivity contribution in [2.24, 2.45) is 4.74 Å². The van der Waals surface area contributed by atoms with E-state index in [0.717, 1.165) is 6.16 Å². The maximum atomic E-state index is 5.88. The van der Waals surface area contributed by atoms with Crippen molar-refractivity contribution in [2.45, 2.75) is 33.2 Å². The van der Waals surface area contributed by atoms with Crippen LogP contribution in [0, 0.1) is 0 Å². The van der Waals surface area contributed by atoms with Crippen molar-refractivity contribution < 1.29 is 18.5 Å². The number of rotatable bonds is 9. The van der Waals surface area contributed by atoms with Crippen LogP contribution in [-0.2, 0) is 18.5 Å². The van der Waals surface area contributed by atoms with E-state index in [2.05, 4.69) is 20.8 Å². The van der Waals surface area contributed by atoms with E-state index < -0.39 is 7.51 Å². The van der Waals surface area contributed by atoms with E-state index in [9.17, 15) is 0 Å². The summed E-state index contributed by atoms with van der Waals surface area (Å²) in [4.78, 5) is 0. The maximum absolute atomic E-state index is 5.88. The molecule has 0 aliphatic rings. The van der Waals surface area contributed by atoms with E-state index in [1.807, 2.05) is 6.92 Å². The van der Waals surface area contributed by atoms with Gasteiger partial charge in [0.15, 0.2) is 0 Å². The van der Waals surface area contributed by atoms with Crippen LogP contribution in [0.3, 0.4) is 0 Å². The van der Waals surface area contributed by atoms with E-state index in [4.69, 9.17) is 23.3 Å². The third-order valence-electron chi connectivity index (χ3n) is 2.01. The lowest BCUT2D eigenvalue weighted by molar-refractivity contribution is 0.117. The second-order valence-electron chi connectivity index (χ2n) is 4.88. The molecule has 0 heterocycles. The van der Waals surface area contributed by atoms with Gasteiger partial charge >= 0.3 is 0 Å². The van der Waals surface area contributed by atoms with Crippen LogP contribution in [-0.4, -0.2) is 52.3 Å². The second kappa shape index (κ2) is 9.05. The van der Waals surface area contributed by atoms with Crippen LogP contribution in [0.4, 0.5) is 0 Å². The molecule has 0 fully saturated rings. The molecule has 0 unspecified atom stereocenters. The van der Waals surface area contributed by atoms with Crippen molar-refractivity contribution in [3.63, 3.8) is 0 Å². The van der Waals surface area contributed by atoms with Gasteiger partial charge in [0.05, 0.1) is 32.0 Å². The number of ether oxygens (including phenoxy) is 2. The summed E-state index contributed by atoms with van der Waals surface area (Å²) in [5.41, 5.74) is -0.177. The first kappa shape index (κ1) is 18.1. The molecule has 0 radical (unpaired) electrons. The summed E-state index contributed by atoms with van der Waals surface area (Å²) in [7, 11) is 1.12. The summed E-state index contributed by atoms with van der Waals surface area (Å²) >= 11 is 0. The maximum Gasteiger partial charge on any atom is 0.212 e. The van der Waals surface area contributed by atoms with Gasteiger partial charge in [0, 0.05) is 20.4 Å². The normalized spacial score (nSPS) is 12.8. The fourth-order valence-corrected chi connectivity index (χ4v) is 3.66. The average molecular weight is 281 g/mol. The summed E-state index contributed by atoms with van der Waals surface area (Å²) in [6.45, 7) is 10.3. The summed E-state index contributed by atoms with van der Waals surface area (Å²) in [5.74, 6) is 0. The minimum atomic E-state index is -2.19. The van der Waals surface area contributed by atoms with Gasteiger partial charge in [-0.1, -0.05) is 6.92 Å². The summed E-state index contributed by atoms with van der Waals surface area (Å²) in [6, 6.07) is 0.